The van der Waals surface area contributed by atoms with Crippen LogP contribution in [0.4, 0.5) is 11.6 Å². The van der Waals surface area contributed by atoms with Gasteiger partial charge in [0, 0.05) is 41.4 Å². The first-order valence-electron chi connectivity index (χ1n) is 11.5. The molecule has 0 saturated carbocycles. The van der Waals surface area contributed by atoms with Crippen LogP contribution in [-0.4, -0.2) is 51.3 Å². The zero-order valence-corrected chi connectivity index (χ0v) is 20.5. The number of H-pyrrole nitrogens is 1. The molecule has 33 heavy (non-hydrogen) atoms. The first-order chi connectivity index (χ1) is 15.6. The number of aliphatic hydroxyl groups is 1. The minimum Gasteiger partial charge on any atom is -0.474 e. The number of aromatic nitrogens is 3. The Bertz CT molecular complexity index is 1110. The standard InChI is InChI=1S/C25H35N5O3/c1-7-11-30(12-8-2)24-28-21(14-22(29-24)33-15-25(5,6)32)23(31)27-18-9-10-20-19(13-18)16(3)17(4)26-20/h9-10,13-14,26,32H,7-8,11-12,15H2,1-6H3,(H,27,31). The zero-order chi connectivity index (χ0) is 24.2. The maximum atomic E-state index is 13.2. The van der Waals surface area contributed by atoms with Gasteiger partial charge < -0.3 is 25.0 Å². The maximum absolute atomic E-state index is 13.2. The van der Waals surface area contributed by atoms with E-state index in [0.717, 1.165) is 48.1 Å². The van der Waals surface area contributed by atoms with Crippen LogP contribution in [0.25, 0.3) is 10.9 Å². The summed E-state index contributed by atoms with van der Waals surface area (Å²) in [5.41, 5.74) is 3.17. The molecule has 3 aromatic rings. The second kappa shape index (κ2) is 10.2. The van der Waals surface area contributed by atoms with Crippen molar-refractivity contribution < 1.29 is 14.6 Å². The number of aryl methyl sites for hydroxylation is 2. The molecule has 1 amide bonds. The fourth-order valence-corrected chi connectivity index (χ4v) is 3.58. The number of anilines is 2. The van der Waals surface area contributed by atoms with Crippen LogP contribution < -0.4 is 15.0 Å². The highest BCUT2D eigenvalue weighted by Crippen LogP contribution is 2.25. The fourth-order valence-electron chi connectivity index (χ4n) is 3.58. The third-order valence-corrected chi connectivity index (χ3v) is 5.33. The fraction of sp³-hybridized carbons (Fsp3) is 0.480. The van der Waals surface area contributed by atoms with E-state index in [9.17, 15) is 9.90 Å². The zero-order valence-electron chi connectivity index (χ0n) is 20.5. The number of carbonyl (C=O) groups is 1. The highest BCUT2D eigenvalue weighted by atomic mass is 16.5. The molecule has 0 atom stereocenters. The molecule has 8 nitrogen and oxygen atoms in total. The highest BCUT2D eigenvalue weighted by molar-refractivity contribution is 6.04. The molecular weight excluding hydrogens is 418 g/mol. The number of carbonyl (C=O) groups excluding carboxylic acids is 1. The van der Waals surface area contributed by atoms with E-state index in [1.54, 1.807) is 13.8 Å². The number of benzene rings is 1. The van der Waals surface area contributed by atoms with Gasteiger partial charge in [-0.1, -0.05) is 13.8 Å². The summed E-state index contributed by atoms with van der Waals surface area (Å²) in [5.74, 6) is 0.366. The summed E-state index contributed by atoms with van der Waals surface area (Å²) < 4.78 is 5.72. The van der Waals surface area contributed by atoms with Gasteiger partial charge in [0.1, 0.15) is 12.3 Å². The molecule has 0 aliphatic rings. The number of amides is 1. The smallest absolute Gasteiger partial charge is 0.274 e. The van der Waals surface area contributed by atoms with Gasteiger partial charge in [0.25, 0.3) is 5.91 Å². The summed E-state index contributed by atoms with van der Waals surface area (Å²) in [7, 11) is 0. The molecule has 2 aromatic heterocycles. The normalized spacial score (nSPS) is 11.6. The lowest BCUT2D eigenvalue weighted by Crippen LogP contribution is -2.30. The van der Waals surface area contributed by atoms with Crippen molar-refractivity contribution in [2.45, 2.75) is 60.0 Å². The number of aromatic amines is 1. The molecule has 0 fully saturated rings. The molecule has 0 radical (unpaired) electrons. The van der Waals surface area contributed by atoms with E-state index < -0.39 is 5.60 Å². The third kappa shape index (κ3) is 6.22. The molecule has 3 rings (SSSR count). The third-order valence-electron chi connectivity index (χ3n) is 5.33. The Morgan fingerprint density at radius 3 is 2.48 bits per heavy atom. The summed E-state index contributed by atoms with van der Waals surface area (Å²) in [4.78, 5) is 27.6. The quantitative estimate of drug-likeness (QED) is 0.414. The van der Waals surface area contributed by atoms with E-state index in [1.165, 1.54) is 6.07 Å². The predicted molar refractivity (Wildman–Crippen MR) is 132 cm³/mol. The largest absolute Gasteiger partial charge is 0.474 e. The molecule has 3 N–H and O–H groups in total. The molecule has 178 valence electrons. The van der Waals surface area contributed by atoms with Crippen molar-refractivity contribution >= 4 is 28.4 Å². The summed E-state index contributed by atoms with van der Waals surface area (Å²) in [6, 6.07) is 7.30. The average molecular weight is 454 g/mol. The maximum Gasteiger partial charge on any atom is 0.274 e. The van der Waals surface area contributed by atoms with Crippen molar-refractivity contribution in [2.75, 3.05) is 29.9 Å². The molecule has 8 heteroatoms. The molecule has 0 unspecified atom stereocenters. The van der Waals surface area contributed by atoms with E-state index in [1.807, 2.05) is 30.0 Å². The van der Waals surface area contributed by atoms with Crippen molar-refractivity contribution in [2.24, 2.45) is 0 Å². The van der Waals surface area contributed by atoms with Crippen LogP contribution in [0, 0.1) is 13.8 Å². The van der Waals surface area contributed by atoms with Crippen molar-refractivity contribution in [3.63, 3.8) is 0 Å². The molecule has 0 spiro atoms. The molecule has 1 aromatic carbocycles. The Hall–Kier alpha value is -3.13. The second-order valence-electron chi connectivity index (χ2n) is 9.07. The Balaban J connectivity index is 1.92. The Morgan fingerprint density at radius 2 is 1.85 bits per heavy atom. The molecule has 0 aliphatic carbocycles. The predicted octanol–water partition coefficient (Wildman–Crippen LogP) is 4.60. The molecular formula is C25H35N5O3. The SMILES string of the molecule is CCCN(CCC)c1nc(OCC(C)(C)O)cc(C(=O)Nc2ccc3[nH]c(C)c(C)c3c2)n1. The van der Waals surface area contributed by atoms with E-state index in [2.05, 4.69) is 41.0 Å². The van der Waals surface area contributed by atoms with Gasteiger partial charge in [-0.05, 0) is 64.3 Å². The Morgan fingerprint density at radius 1 is 1.15 bits per heavy atom. The first-order valence-corrected chi connectivity index (χ1v) is 11.5. The molecule has 0 saturated heterocycles. The van der Waals surface area contributed by atoms with E-state index in [-0.39, 0.29) is 24.1 Å². The van der Waals surface area contributed by atoms with E-state index in [0.29, 0.717) is 11.6 Å². The molecule has 2 heterocycles. The lowest BCUT2D eigenvalue weighted by Gasteiger charge is -2.23. The van der Waals surface area contributed by atoms with Crippen molar-refractivity contribution in [1.29, 1.82) is 0 Å². The summed E-state index contributed by atoms with van der Waals surface area (Å²) >= 11 is 0. The summed E-state index contributed by atoms with van der Waals surface area (Å²) in [5, 5.41) is 14.1. The van der Waals surface area contributed by atoms with Crippen molar-refractivity contribution in [3.05, 3.63) is 41.2 Å². The van der Waals surface area contributed by atoms with Crippen LogP contribution in [0.1, 0.15) is 62.3 Å². The molecule has 0 aliphatic heterocycles. The minimum absolute atomic E-state index is 0.0504. The van der Waals surface area contributed by atoms with Gasteiger partial charge in [-0.3, -0.25) is 4.79 Å². The van der Waals surface area contributed by atoms with Gasteiger partial charge in [0.05, 0.1) is 5.60 Å². The lowest BCUT2D eigenvalue weighted by atomic mass is 10.1. The monoisotopic (exact) mass is 453 g/mol. The second-order valence-corrected chi connectivity index (χ2v) is 9.07. The van der Waals surface area contributed by atoms with E-state index >= 15 is 0 Å². The number of fused-ring (bicyclic) bond motifs is 1. The van der Waals surface area contributed by atoms with E-state index in [4.69, 9.17) is 4.74 Å². The highest BCUT2D eigenvalue weighted by Gasteiger charge is 2.19. The van der Waals surface area contributed by atoms with Gasteiger partial charge in [0.15, 0.2) is 0 Å². The Labute approximate surface area is 195 Å². The van der Waals surface area contributed by atoms with Crippen LogP contribution in [0.2, 0.25) is 0 Å². The van der Waals surface area contributed by atoms with Gasteiger partial charge in [-0.15, -0.1) is 0 Å². The van der Waals surface area contributed by atoms with Crippen molar-refractivity contribution in [3.8, 4) is 5.88 Å². The van der Waals surface area contributed by atoms with Gasteiger partial charge in [0.2, 0.25) is 11.8 Å². The number of ether oxygens (including phenoxy) is 1. The number of rotatable bonds is 10. The van der Waals surface area contributed by atoms with Crippen molar-refractivity contribution in [1.82, 2.24) is 15.0 Å². The van der Waals surface area contributed by atoms with Crippen LogP contribution in [0.3, 0.4) is 0 Å². The minimum atomic E-state index is -1.03. The summed E-state index contributed by atoms with van der Waals surface area (Å²) in [6.45, 7) is 13.2. The van der Waals surface area contributed by atoms with Crippen LogP contribution in [0.15, 0.2) is 24.3 Å². The lowest BCUT2D eigenvalue weighted by molar-refractivity contribution is 0.0268. The van der Waals surface area contributed by atoms with Gasteiger partial charge >= 0.3 is 0 Å². The summed E-state index contributed by atoms with van der Waals surface area (Å²) in [6.07, 6.45) is 1.85. The number of hydrogen-bond acceptors (Lipinski definition) is 6. The van der Waals surface area contributed by atoms with Gasteiger partial charge in [-0.2, -0.15) is 4.98 Å². The van der Waals surface area contributed by atoms with Crippen LogP contribution in [0.5, 0.6) is 5.88 Å². The number of hydrogen-bond donors (Lipinski definition) is 3. The van der Waals surface area contributed by atoms with Gasteiger partial charge in [-0.25, -0.2) is 4.98 Å². The molecule has 0 bridgehead atoms. The average Bonchev–Trinajstić information content (AvgIpc) is 3.05. The topological polar surface area (TPSA) is 103 Å². The van der Waals surface area contributed by atoms with Crippen LogP contribution >= 0.6 is 0 Å². The first kappa shape index (κ1) is 24.5. The Kier molecular flexibility index (Phi) is 7.58. The number of nitrogens with zero attached hydrogens (tertiary/aromatic N) is 3. The number of nitrogens with one attached hydrogen (secondary N) is 2. The van der Waals surface area contributed by atoms with Crippen LogP contribution in [-0.2, 0) is 0 Å².